The third-order valence-electron chi connectivity index (χ3n) is 2.03. The van der Waals surface area contributed by atoms with E-state index in [-0.39, 0.29) is 6.29 Å². The highest BCUT2D eigenvalue weighted by Crippen LogP contribution is 2.19. The van der Waals surface area contributed by atoms with Crippen LogP contribution in [-0.2, 0) is 9.78 Å². The fourth-order valence-electron chi connectivity index (χ4n) is 1.23. The van der Waals surface area contributed by atoms with Crippen molar-refractivity contribution in [2.45, 2.75) is 58.2 Å². The Kier molecular flexibility index (Phi) is 4.55. The van der Waals surface area contributed by atoms with Crippen molar-refractivity contribution < 1.29 is 9.78 Å². The second kappa shape index (κ2) is 5.56. The largest absolute Gasteiger partial charge is 0.224 e. The first-order chi connectivity index (χ1) is 5.43. The van der Waals surface area contributed by atoms with Gasteiger partial charge in [0.25, 0.3) is 0 Å². The Morgan fingerprint density at radius 2 is 1.55 bits per heavy atom. The van der Waals surface area contributed by atoms with Gasteiger partial charge in [-0.3, -0.25) is 0 Å². The molecule has 66 valence electrons. The van der Waals surface area contributed by atoms with Gasteiger partial charge in [-0.1, -0.05) is 39.0 Å². The summed E-state index contributed by atoms with van der Waals surface area (Å²) in [4.78, 5) is 9.27. The van der Waals surface area contributed by atoms with E-state index in [0.29, 0.717) is 0 Å². The number of unbranched alkanes of at least 4 members (excludes halogenated alkanes) is 5. The van der Waals surface area contributed by atoms with Crippen LogP contribution in [0.3, 0.4) is 0 Å². The van der Waals surface area contributed by atoms with E-state index in [1.54, 1.807) is 0 Å². The van der Waals surface area contributed by atoms with Crippen LogP contribution in [0.1, 0.15) is 51.9 Å². The smallest absolute Gasteiger partial charge is 0.199 e. The van der Waals surface area contributed by atoms with Gasteiger partial charge in [-0.15, -0.1) is 0 Å². The lowest BCUT2D eigenvalue weighted by molar-refractivity contribution is 0.0850. The van der Waals surface area contributed by atoms with E-state index < -0.39 is 0 Å². The molecule has 1 fully saturated rings. The molecule has 0 radical (unpaired) electrons. The summed E-state index contributed by atoms with van der Waals surface area (Å²) in [5.74, 6) is 0. The number of hydrogen-bond acceptors (Lipinski definition) is 2. The van der Waals surface area contributed by atoms with Crippen LogP contribution >= 0.6 is 0 Å². The molecule has 2 heteroatoms. The molecule has 0 aromatic rings. The average Bonchev–Trinajstić information content (AvgIpc) is 2.80. The van der Waals surface area contributed by atoms with Gasteiger partial charge < -0.3 is 0 Å². The minimum atomic E-state index is 0.154. The third-order valence-corrected chi connectivity index (χ3v) is 2.03. The van der Waals surface area contributed by atoms with Crippen molar-refractivity contribution in [1.29, 1.82) is 0 Å². The predicted molar refractivity (Wildman–Crippen MR) is 44.0 cm³/mol. The first-order valence-electron chi connectivity index (χ1n) is 4.75. The first-order valence-corrected chi connectivity index (χ1v) is 4.75. The Labute approximate surface area is 68.8 Å². The standard InChI is InChI=1S/C9H18O2/c1-2-3-4-5-6-7-8-9-10-11-9/h9H,2-8H2,1H3. The molecule has 0 unspecified atom stereocenters. The Morgan fingerprint density at radius 1 is 0.909 bits per heavy atom. The fraction of sp³-hybridized carbons (Fsp3) is 1.00. The normalized spacial score (nSPS) is 17.2. The van der Waals surface area contributed by atoms with Crippen molar-refractivity contribution in [3.8, 4) is 0 Å². The zero-order valence-electron chi connectivity index (χ0n) is 7.34. The van der Waals surface area contributed by atoms with E-state index in [2.05, 4.69) is 16.7 Å². The lowest BCUT2D eigenvalue weighted by atomic mass is 10.1. The zero-order valence-corrected chi connectivity index (χ0v) is 7.34. The summed E-state index contributed by atoms with van der Waals surface area (Å²) in [5.41, 5.74) is 0. The summed E-state index contributed by atoms with van der Waals surface area (Å²) in [6, 6.07) is 0. The van der Waals surface area contributed by atoms with Crippen LogP contribution in [0.2, 0.25) is 0 Å². The highest BCUT2D eigenvalue weighted by atomic mass is 17.4. The minimum Gasteiger partial charge on any atom is -0.199 e. The summed E-state index contributed by atoms with van der Waals surface area (Å²) in [5, 5.41) is 0. The van der Waals surface area contributed by atoms with Gasteiger partial charge in [0.15, 0.2) is 0 Å². The van der Waals surface area contributed by atoms with Crippen LogP contribution in [0, 0.1) is 0 Å². The van der Waals surface area contributed by atoms with E-state index in [9.17, 15) is 0 Å². The molecule has 1 aliphatic heterocycles. The highest BCUT2D eigenvalue weighted by Gasteiger charge is 2.24. The van der Waals surface area contributed by atoms with Crippen molar-refractivity contribution in [3.63, 3.8) is 0 Å². The van der Waals surface area contributed by atoms with Crippen molar-refractivity contribution in [3.05, 3.63) is 0 Å². The Bertz CT molecular complexity index is 89.6. The van der Waals surface area contributed by atoms with Gasteiger partial charge >= 0.3 is 0 Å². The molecular weight excluding hydrogens is 140 g/mol. The summed E-state index contributed by atoms with van der Waals surface area (Å²) in [6.07, 6.45) is 9.32. The molecule has 1 saturated heterocycles. The van der Waals surface area contributed by atoms with Crippen LogP contribution in [0.15, 0.2) is 0 Å². The Balaban J connectivity index is 1.66. The predicted octanol–water partition coefficient (Wildman–Crippen LogP) is 3.02. The van der Waals surface area contributed by atoms with E-state index in [1.807, 2.05) is 0 Å². The van der Waals surface area contributed by atoms with Gasteiger partial charge in [0.1, 0.15) is 0 Å². The van der Waals surface area contributed by atoms with Gasteiger partial charge in [0.2, 0.25) is 6.29 Å². The molecule has 0 N–H and O–H groups in total. The Morgan fingerprint density at radius 3 is 2.18 bits per heavy atom. The molecule has 1 heterocycles. The van der Waals surface area contributed by atoms with E-state index in [4.69, 9.17) is 0 Å². The van der Waals surface area contributed by atoms with E-state index in [1.165, 1.54) is 38.5 Å². The molecule has 0 aromatic carbocycles. The highest BCUT2D eigenvalue weighted by molar-refractivity contribution is 4.50. The molecule has 1 aliphatic rings. The van der Waals surface area contributed by atoms with Gasteiger partial charge in [-0.05, 0) is 6.42 Å². The molecule has 0 aromatic heterocycles. The van der Waals surface area contributed by atoms with Crippen molar-refractivity contribution in [2.75, 3.05) is 0 Å². The third kappa shape index (κ3) is 5.22. The maximum absolute atomic E-state index is 4.64. The lowest BCUT2D eigenvalue weighted by Gasteiger charge is -1.96. The van der Waals surface area contributed by atoms with E-state index in [0.717, 1.165) is 6.42 Å². The minimum absolute atomic E-state index is 0.154. The van der Waals surface area contributed by atoms with Crippen LogP contribution in [0.5, 0.6) is 0 Å². The maximum Gasteiger partial charge on any atom is 0.224 e. The molecule has 0 amide bonds. The molecule has 0 bridgehead atoms. The summed E-state index contributed by atoms with van der Waals surface area (Å²) in [7, 11) is 0. The molecule has 11 heavy (non-hydrogen) atoms. The van der Waals surface area contributed by atoms with Gasteiger partial charge in [0, 0.05) is 6.42 Å². The van der Waals surface area contributed by atoms with Crippen molar-refractivity contribution >= 4 is 0 Å². The molecule has 0 aliphatic carbocycles. The van der Waals surface area contributed by atoms with Crippen LogP contribution < -0.4 is 0 Å². The molecule has 0 spiro atoms. The fourth-order valence-corrected chi connectivity index (χ4v) is 1.23. The Hall–Kier alpha value is -0.0800. The van der Waals surface area contributed by atoms with Gasteiger partial charge in [-0.25, -0.2) is 0 Å². The second-order valence-corrected chi connectivity index (χ2v) is 3.18. The van der Waals surface area contributed by atoms with E-state index >= 15 is 0 Å². The molecule has 0 atom stereocenters. The molecule has 0 saturated carbocycles. The van der Waals surface area contributed by atoms with Crippen LogP contribution in [0.25, 0.3) is 0 Å². The summed E-state index contributed by atoms with van der Waals surface area (Å²) >= 11 is 0. The van der Waals surface area contributed by atoms with Gasteiger partial charge in [0.05, 0.1) is 0 Å². The number of hydrogen-bond donors (Lipinski definition) is 0. The quantitative estimate of drug-likeness (QED) is 0.323. The first kappa shape index (κ1) is 9.01. The lowest BCUT2D eigenvalue weighted by Crippen LogP contribution is -1.84. The SMILES string of the molecule is CCCCCCCCC1OO1. The zero-order chi connectivity index (χ0) is 7.94. The average molecular weight is 158 g/mol. The molecule has 2 nitrogen and oxygen atoms in total. The monoisotopic (exact) mass is 158 g/mol. The van der Waals surface area contributed by atoms with Crippen LogP contribution in [-0.4, -0.2) is 6.29 Å². The summed E-state index contributed by atoms with van der Waals surface area (Å²) < 4.78 is 0. The summed E-state index contributed by atoms with van der Waals surface area (Å²) in [6.45, 7) is 2.24. The second-order valence-electron chi connectivity index (χ2n) is 3.18. The maximum atomic E-state index is 4.64. The molecular formula is C9H18O2. The molecule has 1 rings (SSSR count). The number of rotatable bonds is 7. The van der Waals surface area contributed by atoms with Crippen molar-refractivity contribution in [1.82, 2.24) is 0 Å². The van der Waals surface area contributed by atoms with Crippen LogP contribution in [0.4, 0.5) is 0 Å². The van der Waals surface area contributed by atoms with Gasteiger partial charge in [-0.2, -0.15) is 9.78 Å². The van der Waals surface area contributed by atoms with Crippen molar-refractivity contribution in [2.24, 2.45) is 0 Å². The topological polar surface area (TPSA) is 25.1 Å².